The zero-order valence-corrected chi connectivity index (χ0v) is 16.0. The Hall–Kier alpha value is -2.68. The maximum atomic E-state index is 12.3. The lowest BCUT2D eigenvalue weighted by Gasteiger charge is -2.10. The van der Waals surface area contributed by atoms with Gasteiger partial charge < -0.3 is 14.8 Å². The van der Waals surface area contributed by atoms with E-state index in [9.17, 15) is 4.79 Å². The number of carbonyl (C=O) groups is 1. The number of hydrogen-bond donors (Lipinski definition) is 1. The first-order valence-electron chi connectivity index (χ1n) is 8.36. The number of carbonyl (C=O) groups excluding carboxylic acids is 1. The quantitative estimate of drug-likeness (QED) is 0.682. The van der Waals surface area contributed by atoms with E-state index in [0.717, 1.165) is 18.4 Å². The van der Waals surface area contributed by atoms with E-state index in [4.69, 9.17) is 9.47 Å². The predicted octanol–water partition coefficient (Wildman–Crippen LogP) is 3.24. The Morgan fingerprint density at radius 1 is 1.19 bits per heavy atom. The number of rotatable bonds is 7. The topological polar surface area (TPSA) is 90.6 Å². The molecule has 2 heterocycles. The summed E-state index contributed by atoms with van der Waals surface area (Å²) in [7, 11) is 3.16. The minimum Gasteiger partial charge on any atom is -0.493 e. The van der Waals surface area contributed by atoms with Gasteiger partial charge in [0.1, 0.15) is 0 Å². The Kier molecular flexibility index (Phi) is 5.36. The van der Waals surface area contributed by atoms with E-state index in [0.29, 0.717) is 27.4 Å². The summed E-state index contributed by atoms with van der Waals surface area (Å²) >= 11 is 1.29. The zero-order chi connectivity index (χ0) is 18.7. The molecule has 0 saturated carbocycles. The number of nitrogens with one attached hydrogen (secondary N) is 1. The molecule has 0 fully saturated rings. The first kappa shape index (κ1) is 18.1. The normalized spacial score (nSPS) is 11.1. The fraction of sp³-hybridized carbons (Fsp3) is 0.412. The molecule has 8 nitrogen and oxygen atoms in total. The number of ether oxygens (including phenoxy) is 2. The Labute approximate surface area is 155 Å². The van der Waals surface area contributed by atoms with Crippen LogP contribution in [0.2, 0.25) is 0 Å². The molecule has 138 valence electrons. The van der Waals surface area contributed by atoms with Crippen molar-refractivity contribution in [2.24, 2.45) is 5.92 Å². The maximum absolute atomic E-state index is 12.3. The first-order valence-corrected chi connectivity index (χ1v) is 9.18. The fourth-order valence-corrected chi connectivity index (χ4v) is 3.43. The minimum atomic E-state index is -0.0207. The molecule has 0 bridgehead atoms. The third-order valence-electron chi connectivity index (χ3n) is 4.22. The van der Waals surface area contributed by atoms with Crippen molar-refractivity contribution in [3.05, 3.63) is 18.2 Å². The van der Waals surface area contributed by atoms with E-state index in [-0.39, 0.29) is 11.8 Å². The van der Waals surface area contributed by atoms with E-state index in [1.54, 1.807) is 24.8 Å². The number of anilines is 1. The van der Waals surface area contributed by atoms with Crippen molar-refractivity contribution in [2.45, 2.75) is 26.7 Å². The van der Waals surface area contributed by atoms with E-state index < -0.39 is 0 Å². The van der Waals surface area contributed by atoms with Crippen LogP contribution in [0.3, 0.4) is 0 Å². The summed E-state index contributed by atoms with van der Waals surface area (Å²) < 4.78 is 12.2. The summed E-state index contributed by atoms with van der Waals surface area (Å²) in [6, 6.07) is 5.48. The van der Waals surface area contributed by atoms with Crippen LogP contribution in [0, 0.1) is 5.92 Å². The monoisotopic (exact) mass is 375 g/mol. The van der Waals surface area contributed by atoms with Crippen LogP contribution in [0.5, 0.6) is 11.5 Å². The maximum Gasteiger partial charge on any atom is 0.236 e. The molecular weight excluding hydrogens is 354 g/mol. The molecule has 1 aromatic carbocycles. The molecule has 3 aromatic rings. The Morgan fingerprint density at radius 3 is 2.58 bits per heavy atom. The summed E-state index contributed by atoms with van der Waals surface area (Å²) in [6.45, 7) is 4.00. The standard InChI is InChI=1S/C17H21N5O3S/c1-5-10(6-2)15(23)18-16-21-22-14(19-20-17(22)26-16)11-7-8-12(24-3)13(9-11)25-4/h7-10H,5-6H2,1-4H3,(H,18,21,23). The smallest absolute Gasteiger partial charge is 0.236 e. The highest BCUT2D eigenvalue weighted by Gasteiger charge is 2.19. The van der Waals surface area contributed by atoms with Gasteiger partial charge in [-0.1, -0.05) is 25.2 Å². The summed E-state index contributed by atoms with van der Waals surface area (Å²) in [6.07, 6.45) is 1.59. The fourth-order valence-electron chi connectivity index (χ4n) is 2.69. The molecule has 1 N–H and O–H groups in total. The van der Waals surface area contributed by atoms with Crippen LogP contribution in [0.4, 0.5) is 5.13 Å². The summed E-state index contributed by atoms with van der Waals surface area (Å²) in [5.74, 6) is 1.76. The number of fused-ring (bicyclic) bond motifs is 1. The molecule has 0 saturated heterocycles. The Balaban J connectivity index is 1.92. The SMILES string of the molecule is CCC(CC)C(=O)Nc1nn2c(-c3ccc(OC)c(OC)c3)nnc2s1. The molecule has 0 aliphatic heterocycles. The molecule has 0 radical (unpaired) electrons. The number of nitrogens with zero attached hydrogens (tertiary/aromatic N) is 4. The summed E-state index contributed by atoms with van der Waals surface area (Å²) in [5.41, 5.74) is 0.790. The molecule has 26 heavy (non-hydrogen) atoms. The summed E-state index contributed by atoms with van der Waals surface area (Å²) in [4.78, 5) is 12.9. The number of amides is 1. The van der Waals surface area contributed by atoms with Gasteiger partial charge in [0.05, 0.1) is 14.2 Å². The van der Waals surface area contributed by atoms with Crippen molar-refractivity contribution in [2.75, 3.05) is 19.5 Å². The lowest BCUT2D eigenvalue weighted by molar-refractivity contribution is -0.120. The average Bonchev–Trinajstić information content (AvgIpc) is 3.22. The van der Waals surface area contributed by atoms with Gasteiger partial charge in [0, 0.05) is 11.5 Å². The summed E-state index contributed by atoms with van der Waals surface area (Å²) in [5, 5.41) is 16.2. The molecule has 9 heteroatoms. The van der Waals surface area contributed by atoms with Gasteiger partial charge in [-0.3, -0.25) is 4.79 Å². The van der Waals surface area contributed by atoms with Crippen LogP contribution in [0.1, 0.15) is 26.7 Å². The van der Waals surface area contributed by atoms with Crippen molar-refractivity contribution in [1.29, 1.82) is 0 Å². The van der Waals surface area contributed by atoms with Crippen LogP contribution in [0.15, 0.2) is 18.2 Å². The van der Waals surface area contributed by atoms with Gasteiger partial charge in [0.2, 0.25) is 16.0 Å². The van der Waals surface area contributed by atoms with E-state index in [1.165, 1.54) is 11.3 Å². The van der Waals surface area contributed by atoms with Crippen LogP contribution >= 0.6 is 11.3 Å². The van der Waals surface area contributed by atoms with Crippen molar-refractivity contribution in [1.82, 2.24) is 19.8 Å². The van der Waals surface area contributed by atoms with Crippen molar-refractivity contribution in [3.63, 3.8) is 0 Å². The lowest BCUT2D eigenvalue weighted by Crippen LogP contribution is -2.21. The van der Waals surface area contributed by atoms with E-state index in [1.807, 2.05) is 26.0 Å². The van der Waals surface area contributed by atoms with E-state index >= 15 is 0 Å². The van der Waals surface area contributed by atoms with Crippen LogP contribution in [-0.2, 0) is 4.79 Å². The third kappa shape index (κ3) is 3.34. The molecule has 2 aromatic heterocycles. The Bertz CT molecular complexity index is 916. The highest BCUT2D eigenvalue weighted by atomic mass is 32.1. The van der Waals surface area contributed by atoms with Crippen molar-refractivity contribution >= 4 is 27.3 Å². The van der Waals surface area contributed by atoms with E-state index in [2.05, 4.69) is 20.6 Å². The third-order valence-corrected chi connectivity index (χ3v) is 5.03. The molecule has 0 spiro atoms. The second-order valence-corrected chi connectivity index (χ2v) is 6.65. The molecular formula is C17H21N5O3S. The number of aromatic nitrogens is 4. The van der Waals surface area contributed by atoms with Crippen LogP contribution in [0.25, 0.3) is 16.3 Å². The predicted molar refractivity (Wildman–Crippen MR) is 99.9 cm³/mol. The lowest BCUT2D eigenvalue weighted by atomic mass is 10.0. The number of hydrogen-bond acceptors (Lipinski definition) is 7. The number of benzene rings is 1. The highest BCUT2D eigenvalue weighted by Crippen LogP contribution is 2.32. The van der Waals surface area contributed by atoms with Gasteiger partial charge in [-0.05, 0) is 31.0 Å². The number of methoxy groups -OCH3 is 2. The molecule has 0 aliphatic carbocycles. The molecule has 0 aliphatic rings. The Morgan fingerprint density at radius 2 is 1.92 bits per heavy atom. The first-order chi connectivity index (χ1) is 12.6. The van der Waals surface area contributed by atoms with Crippen molar-refractivity contribution in [3.8, 4) is 22.9 Å². The molecule has 0 atom stereocenters. The molecule has 3 rings (SSSR count). The van der Waals surface area contributed by atoms with Crippen molar-refractivity contribution < 1.29 is 14.3 Å². The van der Waals surface area contributed by atoms with Gasteiger partial charge in [-0.25, -0.2) is 0 Å². The van der Waals surface area contributed by atoms with Gasteiger partial charge in [-0.15, -0.1) is 15.3 Å². The van der Waals surface area contributed by atoms with Gasteiger partial charge in [-0.2, -0.15) is 4.52 Å². The molecule has 1 amide bonds. The largest absolute Gasteiger partial charge is 0.493 e. The average molecular weight is 375 g/mol. The van der Waals surface area contributed by atoms with Gasteiger partial charge in [0.25, 0.3) is 0 Å². The zero-order valence-electron chi connectivity index (χ0n) is 15.1. The second-order valence-electron chi connectivity index (χ2n) is 5.70. The minimum absolute atomic E-state index is 0.0188. The van der Waals surface area contributed by atoms with Crippen LogP contribution < -0.4 is 14.8 Å². The van der Waals surface area contributed by atoms with Gasteiger partial charge in [0.15, 0.2) is 17.3 Å². The second kappa shape index (κ2) is 7.69. The van der Waals surface area contributed by atoms with Gasteiger partial charge >= 0.3 is 0 Å². The highest BCUT2D eigenvalue weighted by molar-refractivity contribution is 7.20. The molecule has 0 unspecified atom stereocenters. The van der Waals surface area contributed by atoms with Crippen LogP contribution in [-0.4, -0.2) is 39.9 Å².